The van der Waals surface area contributed by atoms with Gasteiger partial charge in [0.05, 0.1) is 0 Å². The first kappa shape index (κ1) is 5.82. The molecule has 0 aromatic rings. The van der Waals surface area contributed by atoms with Crippen LogP contribution in [0, 0.1) is 5.21 Å². The van der Waals surface area contributed by atoms with Gasteiger partial charge in [-0.1, -0.05) is 18.2 Å². The van der Waals surface area contributed by atoms with E-state index >= 15 is 0 Å². The molecule has 0 fully saturated rings. The van der Waals surface area contributed by atoms with Gasteiger partial charge >= 0.3 is 0 Å². The van der Waals surface area contributed by atoms with Crippen molar-refractivity contribution in [3.8, 4) is 0 Å². The molecule has 1 rings (SSSR count). The molecule has 0 N–H and O–H groups in total. The van der Waals surface area contributed by atoms with Crippen LogP contribution in [0.2, 0.25) is 0 Å². The van der Waals surface area contributed by atoms with Gasteiger partial charge in [-0.3, -0.25) is 0 Å². The molecule has 9 heavy (non-hydrogen) atoms. The fourth-order valence-corrected chi connectivity index (χ4v) is 0.511. The van der Waals surface area contributed by atoms with Crippen LogP contribution in [0.1, 0.15) is 0 Å². The van der Waals surface area contributed by atoms with E-state index < -0.39 is 0 Å². The zero-order valence-electron chi connectivity index (χ0n) is 4.90. The normalized spacial score (nSPS) is 16.7. The second-order valence-electron chi connectivity index (χ2n) is 1.62. The zero-order valence-corrected chi connectivity index (χ0v) is 4.90. The molecule has 46 valence electrons. The predicted octanol–water partition coefficient (Wildman–Crippen LogP) is 1.21. The van der Waals surface area contributed by atoms with E-state index in [1.165, 1.54) is 12.4 Å². The van der Waals surface area contributed by atoms with Gasteiger partial charge in [0.2, 0.25) is 0 Å². The van der Waals surface area contributed by atoms with Gasteiger partial charge in [0, 0.05) is 12.2 Å². The Morgan fingerprint density at radius 3 is 2.44 bits per heavy atom. The fraction of sp³-hybridized carbons (Fsp3) is 0. The summed E-state index contributed by atoms with van der Waals surface area (Å²) in [5.74, 6) is 0. The van der Waals surface area contributed by atoms with Gasteiger partial charge in [-0.15, -0.1) is 0 Å². The lowest BCUT2D eigenvalue weighted by molar-refractivity contribution is -0.371. The second-order valence-corrected chi connectivity index (χ2v) is 1.62. The summed E-state index contributed by atoms with van der Waals surface area (Å²) in [7, 11) is 0. The predicted molar refractivity (Wildman–Crippen MR) is 37.1 cm³/mol. The maximum atomic E-state index is 10.5. The standard InChI is InChI=1S/C7H7NO/c9-8-6-4-2-1-3-5-7-8/h1-7H. The summed E-state index contributed by atoms with van der Waals surface area (Å²) in [6, 6.07) is 0. The van der Waals surface area contributed by atoms with Crippen molar-refractivity contribution in [2.75, 3.05) is 0 Å². The van der Waals surface area contributed by atoms with Gasteiger partial charge in [0.15, 0.2) is 12.4 Å². The van der Waals surface area contributed by atoms with E-state index in [2.05, 4.69) is 0 Å². The minimum absolute atomic E-state index is 0.750. The van der Waals surface area contributed by atoms with Crippen molar-refractivity contribution < 1.29 is 4.74 Å². The Labute approximate surface area is 53.7 Å². The molecule has 0 unspecified atom stereocenters. The summed E-state index contributed by atoms with van der Waals surface area (Å²) < 4.78 is 0.750. The van der Waals surface area contributed by atoms with E-state index in [0.29, 0.717) is 0 Å². The van der Waals surface area contributed by atoms with Crippen molar-refractivity contribution >= 4 is 6.21 Å². The molecule has 0 atom stereocenters. The Morgan fingerprint density at radius 1 is 0.889 bits per heavy atom. The molecule has 1 aliphatic heterocycles. The van der Waals surface area contributed by atoms with Crippen molar-refractivity contribution in [2.45, 2.75) is 0 Å². The summed E-state index contributed by atoms with van der Waals surface area (Å²) in [6.07, 6.45) is 11.7. The Bertz CT molecular complexity index is 199. The van der Waals surface area contributed by atoms with Crippen molar-refractivity contribution in [3.05, 3.63) is 41.8 Å². The molecular formula is C7H7NO. The van der Waals surface area contributed by atoms with E-state index in [4.69, 9.17) is 0 Å². The van der Waals surface area contributed by atoms with Crippen LogP contribution in [0.15, 0.2) is 36.6 Å². The molecule has 0 amide bonds. The highest BCUT2D eigenvalue weighted by Gasteiger charge is 1.79. The monoisotopic (exact) mass is 121 g/mol. The molecule has 0 radical (unpaired) electrons. The topological polar surface area (TPSA) is 26.1 Å². The molecule has 2 nitrogen and oxygen atoms in total. The zero-order chi connectivity index (χ0) is 6.53. The summed E-state index contributed by atoms with van der Waals surface area (Å²) in [5, 5.41) is 10.5. The third kappa shape index (κ3) is 1.95. The lowest BCUT2D eigenvalue weighted by Crippen LogP contribution is -1.92. The molecule has 0 aliphatic carbocycles. The van der Waals surface area contributed by atoms with Crippen LogP contribution in [-0.4, -0.2) is 11.0 Å². The Kier molecular flexibility index (Phi) is 1.85. The van der Waals surface area contributed by atoms with Gasteiger partial charge in [-0.05, 0) is 0 Å². The lowest BCUT2D eigenvalue weighted by atomic mass is 10.4. The van der Waals surface area contributed by atoms with Crippen molar-refractivity contribution in [1.82, 2.24) is 0 Å². The smallest absolute Gasteiger partial charge is 0.180 e. The van der Waals surface area contributed by atoms with Gasteiger partial charge in [0.1, 0.15) is 0 Å². The highest BCUT2D eigenvalue weighted by molar-refractivity contribution is 5.67. The van der Waals surface area contributed by atoms with Gasteiger partial charge in [-0.25, -0.2) is 0 Å². The Hall–Kier alpha value is -1.31. The number of rotatable bonds is 0. The van der Waals surface area contributed by atoms with Crippen LogP contribution in [0.5, 0.6) is 0 Å². The van der Waals surface area contributed by atoms with Gasteiger partial charge in [0.25, 0.3) is 0 Å². The van der Waals surface area contributed by atoms with Crippen molar-refractivity contribution in [2.24, 2.45) is 0 Å². The lowest BCUT2D eigenvalue weighted by Gasteiger charge is -1.92. The van der Waals surface area contributed by atoms with Crippen LogP contribution < -0.4 is 0 Å². The quantitative estimate of drug-likeness (QED) is 0.349. The fourth-order valence-electron chi connectivity index (χ4n) is 0.511. The van der Waals surface area contributed by atoms with Crippen LogP contribution in [0.4, 0.5) is 0 Å². The van der Waals surface area contributed by atoms with E-state index in [-0.39, 0.29) is 0 Å². The molecular weight excluding hydrogens is 114 g/mol. The summed E-state index contributed by atoms with van der Waals surface area (Å²) in [5.41, 5.74) is 0. The first-order chi connectivity index (χ1) is 4.39. The average Bonchev–Trinajstić information content (AvgIpc) is 1.79. The second kappa shape index (κ2) is 2.87. The van der Waals surface area contributed by atoms with E-state index in [1.54, 1.807) is 24.3 Å². The SMILES string of the molecule is [O-][N+]1=CC=CC=CC=C1. The van der Waals surface area contributed by atoms with E-state index in [0.717, 1.165) is 4.74 Å². The van der Waals surface area contributed by atoms with Gasteiger partial charge in [-0.2, -0.15) is 4.74 Å². The molecule has 0 aromatic heterocycles. The highest BCUT2D eigenvalue weighted by Crippen LogP contribution is 1.84. The third-order valence-electron chi connectivity index (χ3n) is 0.910. The molecule has 0 saturated heterocycles. The van der Waals surface area contributed by atoms with E-state index in [1.807, 2.05) is 6.08 Å². The number of hydrogen-bond acceptors (Lipinski definition) is 1. The molecule has 0 aromatic carbocycles. The summed E-state index contributed by atoms with van der Waals surface area (Å²) in [4.78, 5) is 0. The summed E-state index contributed by atoms with van der Waals surface area (Å²) in [6.45, 7) is 0. The summed E-state index contributed by atoms with van der Waals surface area (Å²) >= 11 is 0. The molecule has 1 aliphatic rings. The maximum absolute atomic E-state index is 10.5. The molecule has 2 heteroatoms. The van der Waals surface area contributed by atoms with Crippen LogP contribution >= 0.6 is 0 Å². The van der Waals surface area contributed by atoms with Crippen molar-refractivity contribution in [3.63, 3.8) is 0 Å². The number of hydrogen-bond donors (Lipinski definition) is 0. The molecule has 0 spiro atoms. The first-order valence-electron chi connectivity index (χ1n) is 2.70. The number of nitrogens with zero attached hydrogens (tertiary/aromatic N) is 1. The van der Waals surface area contributed by atoms with Crippen LogP contribution in [0.25, 0.3) is 0 Å². The molecule has 0 bridgehead atoms. The number of allylic oxidation sites excluding steroid dienone is 5. The highest BCUT2D eigenvalue weighted by atomic mass is 16.5. The van der Waals surface area contributed by atoms with Crippen LogP contribution in [-0.2, 0) is 0 Å². The minimum Gasteiger partial charge on any atom is -0.619 e. The molecule has 1 heterocycles. The third-order valence-corrected chi connectivity index (χ3v) is 0.910. The minimum atomic E-state index is 0.750. The van der Waals surface area contributed by atoms with Gasteiger partial charge < -0.3 is 5.21 Å². The number of hydroxylamine groups is 1. The van der Waals surface area contributed by atoms with Crippen molar-refractivity contribution in [1.29, 1.82) is 0 Å². The Morgan fingerprint density at radius 2 is 1.56 bits per heavy atom. The largest absolute Gasteiger partial charge is 0.619 e. The first-order valence-corrected chi connectivity index (χ1v) is 2.70. The van der Waals surface area contributed by atoms with Crippen LogP contribution in [0.3, 0.4) is 0 Å². The van der Waals surface area contributed by atoms with E-state index in [9.17, 15) is 5.21 Å². The maximum Gasteiger partial charge on any atom is 0.180 e. The molecule has 0 saturated carbocycles. The average molecular weight is 121 g/mol. The Balaban J connectivity index is 2.77.